The SMILES string of the molecule is CCCCCCCCCCC(=O)N1CCCC[C@@H]1OC(=O)NCCCCCN. The molecule has 0 bridgehead atoms. The zero-order chi connectivity index (χ0) is 20.5. The van der Waals surface area contributed by atoms with Gasteiger partial charge in [-0.15, -0.1) is 0 Å². The van der Waals surface area contributed by atoms with Crippen molar-refractivity contribution in [3.63, 3.8) is 0 Å². The van der Waals surface area contributed by atoms with Crippen LogP contribution in [0.2, 0.25) is 0 Å². The van der Waals surface area contributed by atoms with E-state index in [1.807, 2.05) is 0 Å². The number of rotatable bonds is 15. The molecule has 1 fully saturated rings. The zero-order valence-corrected chi connectivity index (χ0v) is 18.1. The molecule has 0 unspecified atom stereocenters. The molecule has 1 aliphatic rings. The molecule has 6 heteroatoms. The molecule has 0 spiro atoms. The number of alkyl carbamates (subject to hydrolysis) is 1. The van der Waals surface area contributed by atoms with Gasteiger partial charge in [-0.25, -0.2) is 4.79 Å². The number of carbonyl (C=O) groups is 2. The summed E-state index contributed by atoms with van der Waals surface area (Å²) in [6.07, 6.45) is 15.1. The van der Waals surface area contributed by atoms with Crippen LogP contribution in [-0.2, 0) is 9.53 Å². The topological polar surface area (TPSA) is 84.7 Å². The number of nitrogens with one attached hydrogen (secondary N) is 1. The standard InChI is InChI=1S/C22H43N3O3/c1-2-3-4-5-6-7-8-10-15-20(26)25-19-14-11-16-21(25)28-22(27)24-18-13-9-12-17-23/h21H,2-19,23H2,1H3,(H,24,27)/t21-/m0/s1. The first-order valence-electron chi connectivity index (χ1n) is 11.6. The first-order chi connectivity index (χ1) is 13.7. The molecule has 28 heavy (non-hydrogen) atoms. The Bertz CT molecular complexity index is 418. The van der Waals surface area contributed by atoms with Gasteiger partial charge in [-0.1, -0.05) is 58.3 Å². The van der Waals surface area contributed by atoms with E-state index in [2.05, 4.69) is 12.2 Å². The van der Waals surface area contributed by atoms with Crippen LogP contribution >= 0.6 is 0 Å². The van der Waals surface area contributed by atoms with Crippen molar-refractivity contribution in [2.24, 2.45) is 5.73 Å². The Kier molecular flexibility index (Phi) is 14.7. The quantitative estimate of drug-likeness (QED) is 0.392. The molecule has 1 saturated heterocycles. The number of nitrogens with two attached hydrogens (primary N) is 1. The fourth-order valence-corrected chi connectivity index (χ4v) is 3.66. The summed E-state index contributed by atoms with van der Waals surface area (Å²) in [6.45, 7) is 4.21. The van der Waals surface area contributed by atoms with Crippen molar-refractivity contribution in [1.29, 1.82) is 0 Å². The summed E-state index contributed by atoms with van der Waals surface area (Å²) in [5, 5.41) is 2.79. The van der Waals surface area contributed by atoms with E-state index in [1.54, 1.807) is 4.90 Å². The summed E-state index contributed by atoms with van der Waals surface area (Å²) in [7, 11) is 0. The maximum atomic E-state index is 12.6. The van der Waals surface area contributed by atoms with Gasteiger partial charge in [0.1, 0.15) is 0 Å². The predicted octanol–water partition coefficient (Wildman–Crippen LogP) is 4.71. The Balaban J connectivity index is 2.21. The van der Waals surface area contributed by atoms with Crippen molar-refractivity contribution in [2.75, 3.05) is 19.6 Å². The second-order valence-electron chi connectivity index (χ2n) is 7.94. The molecule has 2 amide bonds. The number of unbranched alkanes of at least 4 members (excludes halogenated alkanes) is 9. The number of ether oxygens (including phenoxy) is 1. The Labute approximate surface area is 171 Å². The molecular formula is C22H43N3O3. The van der Waals surface area contributed by atoms with Gasteiger partial charge in [-0.3, -0.25) is 4.79 Å². The zero-order valence-electron chi connectivity index (χ0n) is 18.1. The third kappa shape index (κ3) is 11.5. The Hall–Kier alpha value is -1.30. The van der Waals surface area contributed by atoms with Gasteiger partial charge in [0.05, 0.1) is 0 Å². The van der Waals surface area contributed by atoms with Gasteiger partial charge >= 0.3 is 6.09 Å². The summed E-state index contributed by atoms with van der Waals surface area (Å²) in [5.41, 5.74) is 5.46. The van der Waals surface area contributed by atoms with Crippen molar-refractivity contribution < 1.29 is 14.3 Å². The van der Waals surface area contributed by atoms with Crippen LogP contribution in [0.1, 0.15) is 103 Å². The highest BCUT2D eigenvalue weighted by atomic mass is 16.6. The van der Waals surface area contributed by atoms with E-state index in [9.17, 15) is 9.59 Å². The maximum Gasteiger partial charge on any atom is 0.409 e. The fraction of sp³-hybridized carbons (Fsp3) is 0.909. The van der Waals surface area contributed by atoms with Gasteiger partial charge in [0, 0.05) is 25.9 Å². The Morgan fingerprint density at radius 2 is 1.64 bits per heavy atom. The average Bonchev–Trinajstić information content (AvgIpc) is 2.70. The van der Waals surface area contributed by atoms with E-state index in [1.165, 1.54) is 38.5 Å². The molecule has 0 aromatic carbocycles. The van der Waals surface area contributed by atoms with Crippen LogP contribution in [-0.4, -0.2) is 42.8 Å². The molecular weight excluding hydrogens is 354 g/mol. The van der Waals surface area contributed by atoms with Crippen LogP contribution in [0.3, 0.4) is 0 Å². The first kappa shape index (κ1) is 24.7. The van der Waals surface area contributed by atoms with Crippen molar-refractivity contribution in [1.82, 2.24) is 10.2 Å². The molecule has 0 radical (unpaired) electrons. The summed E-state index contributed by atoms with van der Waals surface area (Å²) in [5.74, 6) is 0.131. The summed E-state index contributed by atoms with van der Waals surface area (Å²) in [6, 6.07) is 0. The lowest BCUT2D eigenvalue weighted by atomic mass is 10.1. The molecule has 1 heterocycles. The fourth-order valence-electron chi connectivity index (χ4n) is 3.66. The monoisotopic (exact) mass is 397 g/mol. The molecule has 0 aromatic heterocycles. The minimum absolute atomic E-state index is 0.131. The van der Waals surface area contributed by atoms with Gasteiger partial charge in [0.25, 0.3) is 0 Å². The van der Waals surface area contributed by atoms with E-state index >= 15 is 0 Å². The molecule has 0 aliphatic carbocycles. The van der Waals surface area contributed by atoms with Crippen LogP contribution < -0.4 is 11.1 Å². The number of amides is 2. The summed E-state index contributed by atoms with van der Waals surface area (Å²) >= 11 is 0. The molecule has 164 valence electrons. The Morgan fingerprint density at radius 3 is 2.36 bits per heavy atom. The largest absolute Gasteiger partial charge is 0.425 e. The number of nitrogens with zero attached hydrogens (tertiary/aromatic N) is 1. The highest BCUT2D eigenvalue weighted by Crippen LogP contribution is 2.20. The molecule has 1 aliphatic heterocycles. The number of piperidine rings is 1. The van der Waals surface area contributed by atoms with Gasteiger partial charge in [0.2, 0.25) is 5.91 Å². The molecule has 0 aromatic rings. The highest BCUT2D eigenvalue weighted by molar-refractivity contribution is 5.77. The number of likely N-dealkylation sites (tertiary alicyclic amines) is 1. The Morgan fingerprint density at radius 1 is 0.964 bits per heavy atom. The van der Waals surface area contributed by atoms with Crippen molar-refractivity contribution in [2.45, 2.75) is 109 Å². The van der Waals surface area contributed by atoms with Gasteiger partial charge in [0.15, 0.2) is 6.23 Å². The van der Waals surface area contributed by atoms with E-state index in [0.717, 1.165) is 51.4 Å². The lowest BCUT2D eigenvalue weighted by Crippen LogP contribution is -2.47. The highest BCUT2D eigenvalue weighted by Gasteiger charge is 2.29. The van der Waals surface area contributed by atoms with E-state index in [-0.39, 0.29) is 5.91 Å². The normalized spacial score (nSPS) is 16.8. The van der Waals surface area contributed by atoms with Crippen LogP contribution in [0.15, 0.2) is 0 Å². The summed E-state index contributed by atoms with van der Waals surface area (Å²) in [4.78, 5) is 26.4. The second kappa shape index (κ2) is 16.6. The minimum Gasteiger partial charge on any atom is -0.425 e. The first-order valence-corrected chi connectivity index (χ1v) is 11.6. The maximum absolute atomic E-state index is 12.6. The smallest absolute Gasteiger partial charge is 0.409 e. The lowest BCUT2D eigenvalue weighted by Gasteiger charge is -2.35. The molecule has 3 N–H and O–H groups in total. The van der Waals surface area contributed by atoms with Crippen LogP contribution in [0.25, 0.3) is 0 Å². The van der Waals surface area contributed by atoms with Gasteiger partial charge in [-0.05, 0) is 38.6 Å². The molecule has 1 atom stereocenters. The lowest BCUT2D eigenvalue weighted by molar-refractivity contribution is -0.144. The average molecular weight is 398 g/mol. The van der Waals surface area contributed by atoms with Crippen LogP contribution in [0.5, 0.6) is 0 Å². The van der Waals surface area contributed by atoms with Crippen molar-refractivity contribution in [3.05, 3.63) is 0 Å². The summed E-state index contributed by atoms with van der Waals surface area (Å²) < 4.78 is 5.54. The van der Waals surface area contributed by atoms with Crippen LogP contribution in [0, 0.1) is 0 Å². The third-order valence-corrected chi connectivity index (χ3v) is 5.41. The second-order valence-corrected chi connectivity index (χ2v) is 7.94. The van der Waals surface area contributed by atoms with E-state index in [0.29, 0.717) is 26.1 Å². The van der Waals surface area contributed by atoms with Crippen molar-refractivity contribution >= 4 is 12.0 Å². The van der Waals surface area contributed by atoms with E-state index < -0.39 is 12.3 Å². The molecule has 6 nitrogen and oxygen atoms in total. The van der Waals surface area contributed by atoms with Gasteiger partial charge < -0.3 is 20.7 Å². The van der Waals surface area contributed by atoms with Crippen molar-refractivity contribution in [3.8, 4) is 0 Å². The minimum atomic E-state index is -0.412. The van der Waals surface area contributed by atoms with E-state index in [4.69, 9.17) is 10.5 Å². The number of hydrogen-bond acceptors (Lipinski definition) is 4. The number of hydrogen-bond donors (Lipinski definition) is 2. The third-order valence-electron chi connectivity index (χ3n) is 5.41. The molecule has 0 saturated carbocycles. The predicted molar refractivity (Wildman–Crippen MR) is 114 cm³/mol. The van der Waals surface area contributed by atoms with Crippen LogP contribution in [0.4, 0.5) is 4.79 Å². The molecule has 1 rings (SSSR count). The van der Waals surface area contributed by atoms with Gasteiger partial charge in [-0.2, -0.15) is 0 Å². The number of carbonyl (C=O) groups excluding carboxylic acids is 2.